The molecule has 0 saturated heterocycles. The van der Waals surface area contributed by atoms with Crippen molar-refractivity contribution >= 4 is 23.3 Å². The Morgan fingerprint density at radius 3 is 2.72 bits per heavy atom. The number of nitrogens with zero attached hydrogens (tertiary/aromatic N) is 3. The minimum atomic E-state index is -1.08. The SMILES string of the molecule is O=C(O)c1cn(CCNc2ccc(Cl)cc2)nn1. The van der Waals surface area contributed by atoms with E-state index in [1.54, 1.807) is 12.1 Å². The van der Waals surface area contributed by atoms with E-state index in [1.165, 1.54) is 10.9 Å². The molecule has 1 aromatic carbocycles. The second-order valence-corrected chi connectivity index (χ2v) is 4.04. The standard InChI is InChI=1S/C11H11ClN4O2/c12-8-1-3-9(4-2-8)13-5-6-16-7-10(11(17)18)14-15-16/h1-4,7,13H,5-6H2,(H,17,18). The fourth-order valence-electron chi connectivity index (χ4n) is 1.39. The zero-order valence-electron chi connectivity index (χ0n) is 9.38. The molecule has 0 unspecified atom stereocenters. The van der Waals surface area contributed by atoms with Gasteiger partial charge in [-0.1, -0.05) is 16.8 Å². The molecule has 0 aliphatic rings. The number of halogens is 1. The van der Waals surface area contributed by atoms with E-state index in [1.807, 2.05) is 12.1 Å². The van der Waals surface area contributed by atoms with Gasteiger partial charge in [0.1, 0.15) is 0 Å². The van der Waals surface area contributed by atoms with E-state index in [0.717, 1.165) is 5.69 Å². The van der Waals surface area contributed by atoms with Gasteiger partial charge in [-0.25, -0.2) is 9.48 Å². The van der Waals surface area contributed by atoms with Gasteiger partial charge in [-0.05, 0) is 24.3 Å². The number of benzene rings is 1. The number of aromatic carboxylic acids is 1. The molecule has 0 aliphatic carbocycles. The molecule has 1 aromatic heterocycles. The van der Waals surface area contributed by atoms with E-state index >= 15 is 0 Å². The normalized spacial score (nSPS) is 10.3. The number of nitrogens with one attached hydrogen (secondary N) is 1. The first-order chi connectivity index (χ1) is 8.65. The Labute approximate surface area is 108 Å². The second-order valence-electron chi connectivity index (χ2n) is 3.61. The third-order valence-electron chi connectivity index (χ3n) is 2.27. The molecule has 0 atom stereocenters. The summed E-state index contributed by atoms with van der Waals surface area (Å²) < 4.78 is 1.48. The number of carboxylic acid groups (broad SMARTS) is 1. The van der Waals surface area contributed by atoms with Gasteiger partial charge in [0.15, 0.2) is 5.69 Å². The maximum Gasteiger partial charge on any atom is 0.358 e. The molecule has 18 heavy (non-hydrogen) atoms. The van der Waals surface area contributed by atoms with Gasteiger partial charge in [-0.15, -0.1) is 5.10 Å². The average molecular weight is 267 g/mol. The van der Waals surface area contributed by atoms with Gasteiger partial charge in [-0.3, -0.25) is 0 Å². The third kappa shape index (κ3) is 3.21. The number of rotatable bonds is 5. The van der Waals surface area contributed by atoms with E-state index in [4.69, 9.17) is 16.7 Å². The molecule has 1 heterocycles. The fraction of sp³-hybridized carbons (Fsp3) is 0.182. The molecule has 0 amide bonds. The molecule has 94 valence electrons. The van der Waals surface area contributed by atoms with Crippen molar-refractivity contribution in [2.75, 3.05) is 11.9 Å². The molecule has 0 bridgehead atoms. The van der Waals surface area contributed by atoms with Crippen LogP contribution in [0.15, 0.2) is 30.5 Å². The zero-order chi connectivity index (χ0) is 13.0. The third-order valence-corrected chi connectivity index (χ3v) is 2.52. The van der Waals surface area contributed by atoms with Crippen molar-refractivity contribution in [1.29, 1.82) is 0 Å². The highest BCUT2D eigenvalue weighted by atomic mass is 35.5. The van der Waals surface area contributed by atoms with Gasteiger partial charge in [0, 0.05) is 17.3 Å². The topological polar surface area (TPSA) is 80.0 Å². The van der Waals surface area contributed by atoms with Crippen LogP contribution in [0.25, 0.3) is 0 Å². The van der Waals surface area contributed by atoms with Crippen molar-refractivity contribution in [3.8, 4) is 0 Å². The Hall–Kier alpha value is -2.08. The van der Waals surface area contributed by atoms with Crippen LogP contribution < -0.4 is 5.32 Å². The second kappa shape index (κ2) is 5.50. The maximum atomic E-state index is 10.6. The van der Waals surface area contributed by atoms with Crippen molar-refractivity contribution in [1.82, 2.24) is 15.0 Å². The summed E-state index contributed by atoms with van der Waals surface area (Å²) in [4.78, 5) is 10.6. The quantitative estimate of drug-likeness (QED) is 0.862. The molecule has 0 spiro atoms. The molecular weight excluding hydrogens is 256 g/mol. The van der Waals surface area contributed by atoms with Gasteiger partial charge >= 0.3 is 5.97 Å². The summed E-state index contributed by atoms with van der Waals surface area (Å²) in [6.45, 7) is 1.15. The van der Waals surface area contributed by atoms with E-state index in [0.29, 0.717) is 18.1 Å². The lowest BCUT2D eigenvalue weighted by molar-refractivity contribution is 0.0690. The van der Waals surface area contributed by atoms with Crippen molar-refractivity contribution in [2.45, 2.75) is 6.54 Å². The first-order valence-corrected chi connectivity index (χ1v) is 5.66. The molecule has 0 saturated carbocycles. The Bertz CT molecular complexity index is 538. The molecular formula is C11H11ClN4O2. The summed E-state index contributed by atoms with van der Waals surface area (Å²) in [5.74, 6) is -1.08. The van der Waals surface area contributed by atoms with Crippen LogP contribution in [-0.4, -0.2) is 32.6 Å². The number of hydrogen-bond donors (Lipinski definition) is 2. The van der Waals surface area contributed by atoms with Crippen LogP contribution in [0.4, 0.5) is 5.69 Å². The summed E-state index contributed by atoms with van der Waals surface area (Å²) in [5.41, 5.74) is 0.888. The van der Waals surface area contributed by atoms with Gasteiger partial charge in [0.05, 0.1) is 12.7 Å². The molecule has 0 aliphatic heterocycles. The minimum Gasteiger partial charge on any atom is -0.476 e. The summed E-state index contributed by atoms with van der Waals surface area (Å²) >= 11 is 5.77. The monoisotopic (exact) mass is 266 g/mol. The van der Waals surface area contributed by atoms with Gasteiger partial charge < -0.3 is 10.4 Å². The Morgan fingerprint density at radius 2 is 2.11 bits per heavy atom. The zero-order valence-corrected chi connectivity index (χ0v) is 10.1. The van der Waals surface area contributed by atoms with Crippen LogP contribution in [-0.2, 0) is 6.54 Å². The number of anilines is 1. The first kappa shape index (κ1) is 12.4. The van der Waals surface area contributed by atoms with Crippen molar-refractivity contribution in [3.05, 3.63) is 41.2 Å². The van der Waals surface area contributed by atoms with Crippen molar-refractivity contribution < 1.29 is 9.90 Å². The predicted octanol–water partition coefficient (Wildman–Crippen LogP) is 1.74. The predicted molar refractivity (Wildman–Crippen MR) is 66.9 cm³/mol. The lowest BCUT2D eigenvalue weighted by atomic mass is 10.3. The Balaban J connectivity index is 1.84. The van der Waals surface area contributed by atoms with Gasteiger partial charge in [-0.2, -0.15) is 0 Å². The van der Waals surface area contributed by atoms with Crippen LogP contribution in [0.3, 0.4) is 0 Å². The largest absolute Gasteiger partial charge is 0.476 e. The molecule has 0 fully saturated rings. The summed E-state index contributed by atoms with van der Waals surface area (Å²) in [7, 11) is 0. The van der Waals surface area contributed by atoms with E-state index in [2.05, 4.69) is 15.6 Å². The van der Waals surface area contributed by atoms with Crippen LogP contribution in [0.5, 0.6) is 0 Å². The lowest BCUT2D eigenvalue weighted by Crippen LogP contribution is -2.10. The molecule has 0 radical (unpaired) electrons. The highest BCUT2D eigenvalue weighted by Crippen LogP contribution is 2.12. The van der Waals surface area contributed by atoms with Crippen molar-refractivity contribution in [2.24, 2.45) is 0 Å². The highest BCUT2D eigenvalue weighted by molar-refractivity contribution is 6.30. The smallest absolute Gasteiger partial charge is 0.358 e. The van der Waals surface area contributed by atoms with Crippen LogP contribution in [0, 0.1) is 0 Å². The number of aromatic nitrogens is 3. The number of carbonyl (C=O) groups is 1. The van der Waals surface area contributed by atoms with Gasteiger partial charge in [0.2, 0.25) is 0 Å². The fourth-order valence-corrected chi connectivity index (χ4v) is 1.51. The summed E-state index contributed by atoms with van der Waals surface area (Å²) in [5, 5.41) is 19.8. The van der Waals surface area contributed by atoms with E-state index in [-0.39, 0.29) is 5.69 Å². The summed E-state index contributed by atoms with van der Waals surface area (Å²) in [6, 6.07) is 7.32. The minimum absolute atomic E-state index is 0.0542. The van der Waals surface area contributed by atoms with Crippen LogP contribution >= 0.6 is 11.6 Å². The lowest BCUT2D eigenvalue weighted by Gasteiger charge is -2.05. The van der Waals surface area contributed by atoms with Crippen molar-refractivity contribution in [3.63, 3.8) is 0 Å². The molecule has 2 rings (SSSR count). The molecule has 6 nitrogen and oxygen atoms in total. The first-order valence-electron chi connectivity index (χ1n) is 5.28. The maximum absolute atomic E-state index is 10.6. The molecule has 7 heteroatoms. The number of hydrogen-bond acceptors (Lipinski definition) is 4. The van der Waals surface area contributed by atoms with Crippen LogP contribution in [0.1, 0.15) is 10.5 Å². The van der Waals surface area contributed by atoms with E-state index in [9.17, 15) is 4.79 Å². The molecule has 2 aromatic rings. The van der Waals surface area contributed by atoms with Crippen LogP contribution in [0.2, 0.25) is 5.02 Å². The van der Waals surface area contributed by atoms with E-state index < -0.39 is 5.97 Å². The highest BCUT2D eigenvalue weighted by Gasteiger charge is 2.07. The molecule has 2 N–H and O–H groups in total. The average Bonchev–Trinajstić information content (AvgIpc) is 2.81. The van der Waals surface area contributed by atoms with Gasteiger partial charge in [0.25, 0.3) is 0 Å². The Kier molecular flexibility index (Phi) is 3.78. The Morgan fingerprint density at radius 1 is 1.39 bits per heavy atom. The summed E-state index contributed by atoms with van der Waals surface area (Å²) in [6.07, 6.45) is 1.39. The number of carboxylic acids is 1.